The molecule has 3 aromatic heterocycles. The molecule has 0 bridgehead atoms. The number of hydrogen-bond acceptors (Lipinski definition) is 3. The van der Waals surface area contributed by atoms with Crippen LogP contribution in [-0.4, -0.2) is 20.6 Å². The third kappa shape index (κ3) is 3.35. The number of nitrogens with zero attached hydrogens (tertiary/aromatic N) is 3. The van der Waals surface area contributed by atoms with Crippen LogP contribution in [0.5, 0.6) is 0 Å². The van der Waals surface area contributed by atoms with Crippen molar-refractivity contribution in [3.8, 4) is 22.4 Å². The number of nitrogens with two attached hydrogens (primary N) is 1. The summed E-state index contributed by atoms with van der Waals surface area (Å²) in [5.41, 5.74) is 10.3. The Balaban J connectivity index is 1.89. The lowest BCUT2D eigenvalue weighted by molar-refractivity contribution is 0.248. The molecule has 0 saturated heterocycles. The van der Waals surface area contributed by atoms with Gasteiger partial charge in [0.2, 0.25) is 0 Å². The molecular weight excluding hydrogens is 345 g/mol. The molecule has 3 N–H and O–H groups in total. The molecule has 6 nitrogen and oxygen atoms in total. The van der Waals surface area contributed by atoms with E-state index in [4.69, 9.17) is 10.8 Å². The van der Waals surface area contributed by atoms with Crippen molar-refractivity contribution in [3.05, 3.63) is 78.5 Å². The largest absolute Gasteiger partial charge is 0.352 e. The SMILES string of the molecule is NC(=O)NCc1ccc2c(-c3ccncc3)c(-c3ccc(F)cc3)nn2c1. The third-order valence-corrected chi connectivity index (χ3v) is 4.24. The number of amides is 2. The van der Waals surface area contributed by atoms with Crippen molar-refractivity contribution < 1.29 is 9.18 Å². The second-order valence-electron chi connectivity index (χ2n) is 6.05. The fourth-order valence-corrected chi connectivity index (χ4v) is 3.00. The highest BCUT2D eigenvalue weighted by Gasteiger charge is 2.16. The highest BCUT2D eigenvalue weighted by atomic mass is 19.1. The Hall–Kier alpha value is -3.74. The monoisotopic (exact) mass is 361 g/mol. The van der Waals surface area contributed by atoms with Gasteiger partial charge in [0.05, 0.1) is 5.52 Å². The summed E-state index contributed by atoms with van der Waals surface area (Å²) in [6.07, 6.45) is 5.28. The summed E-state index contributed by atoms with van der Waals surface area (Å²) in [6.45, 7) is 0.307. The first-order valence-corrected chi connectivity index (χ1v) is 8.33. The maximum absolute atomic E-state index is 13.4. The van der Waals surface area contributed by atoms with Crippen LogP contribution in [0.2, 0.25) is 0 Å². The number of carbonyl (C=O) groups is 1. The van der Waals surface area contributed by atoms with Gasteiger partial charge in [0.1, 0.15) is 11.5 Å². The molecule has 0 saturated carbocycles. The normalized spacial score (nSPS) is 10.9. The standard InChI is InChI=1S/C20H16FN5O/c21-16-4-2-15(3-5-16)19-18(14-7-9-23-10-8-14)17-6-1-13(11-24-20(22)27)12-26(17)25-19/h1-10,12H,11H2,(H3,22,24,27). The Morgan fingerprint density at radius 2 is 1.78 bits per heavy atom. The molecule has 0 aliphatic heterocycles. The van der Waals surface area contributed by atoms with Crippen LogP contribution in [0.15, 0.2) is 67.1 Å². The number of pyridine rings is 2. The van der Waals surface area contributed by atoms with E-state index in [0.717, 1.165) is 33.5 Å². The van der Waals surface area contributed by atoms with Crippen molar-refractivity contribution in [2.75, 3.05) is 0 Å². The van der Waals surface area contributed by atoms with Crippen LogP contribution in [0.25, 0.3) is 27.9 Å². The lowest BCUT2D eigenvalue weighted by Crippen LogP contribution is -2.28. The summed E-state index contributed by atoms with van der Waals surface area (Å²) in [5.74, 6) is -0.298. The summed E-state index contributed by atoms with van der Waals surface area (Å²) in [4.78, 5) is 15.0. The predicted octanol–water partition coefficient (Wildman–Crippen LogP) is 3.37. The van der Waals surface area contributed by atoms with Gasteiger partial charge in [0.15, 0.2) is 0 Å². The molecular formula is C20H16FN5O. The number of nitrogens with one attached hydrogen (secondary N) is 1. The van der Waals surface area contributed by atoms with Gasteiger partial charge < -0.3 is 11.1 Å². The first-order chi connectivity index (χ1) is 13.1. The summed E-state index contributed by atoms with van der Waals surface area (Å²) >= 11 is 0. The summed E-state index contributed by atoms with van der Waals surface area (Å²) in [7, 11) is 0. The van der Waals surface area contributed by atoms with E-state index in [-0.39, 0.29) is 5.82 Å². The van der Waals surface area contributed by atoms with E-state index in [1.165, 1.54) is 12.1 Å². The topological polar surface area (TPSA) is 85.3 Å². The molecule has 3 heterocycles. The van der Waals surface area contributed by atoms with E-state index in [9.17, 15) is 9.18 Å². The van der Waals surface area contributed by atoms with Crippen molar-refractivity contribution in [1.82, 2.24) is 19.9 Å². The maximum Gasteiger partial charge on any atom is 0.312 e. The molecule has 1 aromatic carbocycles. The van der Waals surface area contributed by atoms with E-state index in [0.29, 0.717) is 6.54 Å². The van der Waals surface area contributed by atoms with Gasteiger partial charge in [0.25, 0.3) is 0 Å². The molecule has 0 atom stereocenters. The number of benzene rings is 1. The Bertz CT molecular complexity index is 1110. The maximum atomic E-state index is 13.4. The van der Waals surface area contributed by atoms with Crippen LogP contribution in [0.4, 0.5) is 9.18 Å². The van der Waals surface area contributed by atoms with Crippen LogP contribution in [0.3, 0.4) is 0 Å². The van der Waals surface area contributed by atoms with Crippen LogP contribution in [-0.2, 0) is 6.54 Å². The predicted molar refractivity (Wildman–Crippen MR) is 100 cm³/mol. The molecule has 134 valence electrons. The zero-order valence-corrected chi connectivity index (χ0v) is 14.3. The highest BCUT2D eigenvalue weighted by molar-refractivity contribution is 5.92. The van der Waals surface area contributed by atoms with Crippen molar-refractivity contribution in [1.29, 1.82) is 0 Å². The number of halogens is 1. The van der Waals surface area contributed by atoms with Crippen molar-refractivity contribution >= 4 is 11.5 Å². The molecule has 4 rings (SSSR count). The average molecular weight is 361 g/mol. The van der Waals surface area contributed by atoms with E-state index < -0.39 is 6.03 Å². The molecule has 27 heavy (non-hydrogen) atoms. The number of hydrogen-bond donors (Lipinski definition) is 2. The molecule has 2 amide bonds. The fourth-order valence-electron chi connectivity index (χ4n) is 3.00. The smallest absolute Gasteiger partial charge is 0.312 e. The van der Waals surface area contributed by atoms with Gasteiger partial charge in [-0.05, 0) is 53.6 Å². The molecule has 0 fully saturated rings. The first kappa shape index (κ1) is 16.7. The molecule has 7 heteroatoms. The van der Waals surface area contributed by atoms with Crippen LogP contribution < -0.4 is 11.1 Å². The molecule has 0 radical (unpaired) electrons. The molecule has 0 spiro atoms. The summed E-state index contributed by atoms with van der Waals surface area (Å²) in [5, 5.41) is 7.27. The van der Waals surface area contributed by atoms with Gasteiger partial charge in [-0.15, -0.1) is 0 Å². The zero-order valence-electron chi connectivity index (χ0n) is 14.3. The fraction of sp³-hybridized carbons (Fsp3) is 0.0500. The van der Waals surface area contributed by atoms with Crippen LogP contribution in [0.1, 0.15) is 5.56 Å². The minimum Gasteiger partial charge on any atom is -0.352 e. The van der Waals surface area contributed by atoms with E-state index in [1.807, 2.05) is 30.5 Å². The molecule has 4 aromatic rings. The van der Waals surface area contributed by atoms with Gasteiger partial charge in [-0.3, -0.25) is 4.98 Å². The molecule has 0 unspecified atom stereocenters. The number of primary amides is 1. The number of rotatable bonds is 4. The third-order valence-electron chi connectivity index (χ3n) is 4.24. The number of fused-ring (bicyclic) bond motifs is 1. The summed E-state index contributed by atoms with van der Waals surface area (Å²) < 4.78 is 15.1. The van der Waals surface area contributed by atoms with E-state index >= 15 is 0 Å². The van der Waals surface area contributed by atoms with Crippen LogP contribution in [0, 0.1) is 5.82 Å². The Morgan fingerprint density at radius 3 is 2.48 bits per heavy atom. The minimum atomic E-state index is -0.583. The Labute approximate surface area is 154 Å². The van der Waals surface area contributed by atoms with E-state index in [1.54, 1.807) is 29.0 Å². The lowest BCUT2D eigenvalue weighted by Gasteiger charge is -2.05. The van der Waals surface area contributed by atoms with E-state index in [2.05, 4.69) is 10.3 Å². The minimum absolute atomic E-state index is 0.298. The molecule has 0 aliphatic carbocycles. The number of carbonyl (C=O) groups excluding carboxylic acids is 1. The van der Waals surface area contributed by atoms with Crippen molar-refractivity contribution in [2.24, 2.45) is 5.73 Å². The van der Waals surface area contributed by atoms with Crippen molar-refractivity contribution in [2.45, 2.75) is 6.54 Å². The van der Waals surface area contributed by atoms with Gasteiger partial charge >= 0.3 is 6.03 Å². The number of urea groups is 1. The van der Waals surface area contributed by atoms with Gasteiger partial charge in [-0.25, -0.2) is 13.7 Å². The highest BCUT2D eigenvalue weighted by Crippen LogP contribution is 2.35. The Kier molecular flexibility index (Phi) is 4.25. The Morgan fingerprint density at radius 1 is 1.04 bits per heavy atom. The second-order valence-corrected chi connectivity index (χ2v) is 6.05. The van der Waals surface area contributed by atoms with Crippen molar-refractivity contribution in [3.63, 3.8) is 0 Å². The molecule has 0 aliphatic rings. The second kappa shape index (κ2) is 6.87. The first-order valence-electron chi connectivity index (χ1n) is 8.33. The van der Waals surface area contributed by atoms with Gasteiger partial charge in [0, 0.05) is 36.3 Å². The quantitative estimate of drug-likeness (QED) is 0.584. The average Bonchev–Trinajstić information content (AvgIpc) is 3.06. The number of aromatic nitrogens is 3. The van der Waals surface area contributed by atoms with Crippen LogP contribution >= 0.6 is 0 Å². The zero-order chi connectivity index (χ0) is 18.8. The van der Waals surface area contributed by atoms with Gasteiger partial charge in [-0.1, -0.05) is 6.07 Å². The van der Waals surface area contributed by atoms with Gasteiger partial charge in [-0.2, -0.15) is 5.10 Å². The lowest BCUT2D eigenvalue weighted by atomic mass is 10.0. The summed E-state index contributed by atoms with van der Waals surface area (Å²) in [6, 6.07) is 13.3.